The first-order chi connectivity index (χ1) is 12.6. The number of amides is 1. The fourth-order valence-electron chi connectivity index (χ4n) is 2.60. The number of methoxy groups -OCH3 is 1. The zero-order valence-electron chi connectivity index (χ0n) is 14.6. The molecule has 0 aliphatic heterocycles. The maximum absolute atomic E-state index is 11.5. The average molecular weight is 349 g/mol. The third kappa shape index (κ3) is 3.80. The molecule has 3 aromatic rings. The molecule has 2 N–H and O–H groups in total. The molecule has 1 aromatic carbocycles. The minimum Gasteiger partial charge on any atom is -0.481 e. The van der Waals surface area contributed by atoms with Gasteiger partial charge in [0, 0.05) is 29.5 Å². The molecule has 0 spiro atoms. The topological polar surface area (TPSA) is 87.3 Å². The molecule has 2 heterocycles. The zero-order chi connectivity index (χ0) is 18.5. The number of carbonyl (C=O) groups excluding carboxylic acids is 1. The number of benzene rings is 1. The number of ether oxygens (including phenoxy) is 2. The average Bonchev–Trinajstić information content (AvgIpc) is 2.68. The molecule has 0 saturated carbocycles. The fourth-order valence-corrected chi connectivity index (χ4v) is 2.60. The van der Waals surface area contributed by atoms with Gasteiger partial charge >= 0.3 is 0 Å². The zero-order valence-corrected chi connectivity index (χ0v) is 14.6. The number of pyridine rings is 2. The van der Waals surface area contributed by atoms with Gasteiger partial charge in [-0.1, -0.05) is 13.0 Å². The number of carbonyl (C=O) groups is 1. The summed E-state index contributed by atoms with van der Waals surface area (Å²) in [6, 6.07) is 12.6. The van der Waals surface area contributed by atoms with Gasteiger partial charge in [-0.2, -0.15) is 0 Å². The summed E-state index contributed by atoms with van der Waals surface area (Å²) < 4.78 is 10.9. The van der Waals surface area contributed by atoms with Gasteiger partial charge in [0.2, 0.25) is 11.8 Å². The SMILES string of the molecule is CCc1cc(-c2cc(Oc3ccc(OC)nc3)ccn2)ccc1C(N)=O. The van der Waals surface area contributed by atoms with Crippen molar-refractivity contribution >= 4 is 5.91 Å². The van der Waals surface area contributed by atoms with Gasteiger partial charge in [-0.3, -0.25) is 9.78 Å². The van der Waals surface area contributed by atoms with E-state index in [1.54, 1.807) is 43.8 Å². The lowest BCUT2D eigenvalue weighted by Gasteiger charge is -2.10. The first-order valence-corrected chi connectivity index (χ1v) is 8.17. The van der Waals surface area contributed by atoms with Crippen molar-refractivity contribution in [2.24, 2.45) is 5.73 Å². The molecule has 26 heavy (non-hydrogen) atoms. The number of aromatic nitrogens is 2. The molecular weight excluding hydrogens is 330 g/mol. The number of nitrogens with zero attached hydrogens (tertiary/aromatic N) is 2. The molecule has 0 aliphatic carbocycles. The monoisotopic (exact) mass is 349 g/mol. The van der Waals surface area contributed by atoms with E-state index in [4.69, 9.17) is 15.2 Å². The third-order valence-corrected chi connectivity index (χ3v) is 3.93. The molecule has 0 unspecified atom stereocenters. The van der Waals surface area contributed by atoms with Crippen molar-refractivity contribution in [3.63, 3.8) is 0 Å². The Kier molecular flexibility index (Phi) is 5.12. The van der Waals surface area contributed by atoms with E-state index in [0.717, 1.165) is 16.8 Å². The van der Waals surface area contributed by atoms with E-state index in [-0.39, 0.29) is 0 Å². The highest BCUT2D eigenvalue weighted by atomic mass is 16.5. The largest absolute Gasteiger partial charge is 0.481 e. The van der Waals surface area contributed by atoms with Gasteiger partial charge in [0.15, 0.2) is 0 Å². The first-order valence-electron chi connectivity index (χ1n) is 8.17. The van der Waals surface area contributed by atoms with Crippen LogP contribution in [0.4, 0.5) is 0 Å². The summed E-state index contributed by atoms with van der Waals surface area (Å²) in [4.78, 5) is 20.0. The summed E-state index contributed by atoms with van der Waals surface area (Å²) in [6.45, 7) is 1.98. The van der Waals surface area contributed by atoms with Crippen LogP contribution in [0.1, 0.15) is 22.8 Å². The van der Waals surface area contributed by atoms with Crippen LogP contribution in [0.2, 0.25) is 0 Å². The Morgan fingerprint density at radius 2 is 1.92 bits per heavy atom. The molecule has 2 aromatic heterocycles. The molecular formula is C20H19N3O3. The van der Waals surface area contributed by atoms with Crippen molar-refractivity contribution in [1.29, 1.82) is 0 Å². The summed E-state index contributed by atoms with van der Waals surface area (Å²) in [7, 11) is 1.56. The van der Waals surface area contributed by atoms with Gasteiger partial charge in [-0.15, -0.1) is 0 Å². The summed E-state index contributed by atoms with van der Waals surface area (Å²) >= 11 is 0. The van der Waals surface area contributed by atoms with Crippen LogP contribution in [0.3, 0.4) is 0 Å². The van der Waals surface area contributed by atoms with Crippen LogP contribution in [-0.2, 0) is 6.42 Å². The minimum atomic E-state index is -0.426. The van der Waals surface area contributed by atoms with E-state index in [9.17, 15) is 4.79 Å². The lowest BCUT2D eigenvalue weighted by atomic mass is 9.99. The quantitative estimate of drug-likeness (QED) is 0.734. The Balaban J connectivity index is 1.88. The van der Waals surface area contributed by atoms with Crippen molar-refractivity contribution < 1.29 is 14.3 Å². The van der Waals surface area contributed by atoms with Gasteiger partial charge in [-0.05, 0) is 36.2 Å². The van der Waals surface area contributed by atoms with Gasteiger partial charge in [-0.25, -0.2) is 4.98 Å². The Hall–Kier alpha value is -3.41. The molecule has 3 rings (SSSR count). The van der Waals surface area contributed by atoms with E-state index in [2.05, 4.69) is 9.97 Å². The number of primary amides is 1. The predicted molar refractivity (Wildman–Crippen MR) is 98.4 cm³/mol. The smallest absolute Gasteiger partial charge is 0.248 e. The summed E-state index contributed by atoms with van der Waals surface area (Å²) in [5.41, 5.74) is 8.49. The summed E-state index contributed by atoms with van der Waals surface area (Å²) in [5.74, 6) is 1.33. The van der Waals surface area contributed by atoms with Crippen LogP contribution < -0.4 is 15.2 Å². The van der Waals surface area contributed by atoms with Crippen LogP contribution in [0.15, 0.2) is 54.9 Å². The number of nitrogens with two attached hydrogens (primary N) is 1. The first kappa shape index (κ1) is 17.4. The van der Waals surface area contributed by atoms with Crippen molar-refractivity contribution in [1.82, 2.24) is 9.97 Å². The number of hydrogen-bond donors (Lipinski definition) is 1. The number of aryl methyl sites for hydroxylation is 1. The standard InChI is InChI=1S/C20H19N3O3/c1-3-13-10-14(4-6-17(13)20(21)24)18-11-15(8-9-22-18)26-16-5-7-19(25-2)23-12-16/h4-12H,3H2,1-2H3,(H2,21,24). The molecule has 0 bridgehead atoms. The van der Waals surface area contributed by atoms with Crippen molar-refractivity contribution in [3.8, 4) is 28.6 Å². The normalized spacial score (nSPS) is 10.4. The molecule has 0 saturated heterocycles. The Morgan fingerprint density at radius 1 is 1.08 bits per heavy atom. The maximum Gasteiger partial charge on any atom is 0.248 e. The van der Waals surface area contributed by atoms with E-state index < -0.39 is 5.91 Å². The maximum atomic E-state index is 11.5. The lowest BCUT2D eigenvalue weighted by Crippen LogP contribution is -2.13. The second kappa shape index (κ2) is 7.65. The van der Waals surface area contributed by atoms with Crippen molar-refractivity contribution in [2.75, 3.05) is 7.11 Å². The highest BCUT2D eigenvalue weighted by Gasteiger charge is 2.10. The van der Waals surface area contributed by atoms with Crippen molar-refractivity contribution in [3.05, 3.63) is 66.0 Å². The highest BCUT2D eigenvalue weighted by molar-refractivity contribution is 5.95. The van der Waals surface area contributed by atoms with Crippen LogP contribution in [0.5, 0.6) is 17.4 Å². The van der Waals surface area contributed by atoms with Gasteiger partial charge in [0.1, 0.15) is 11.5 Å². The second-order valence-corrected chi connectivity index (χ2v) is 5.60. The van der Waals surface area contributed by atoms with E-state index >= 15 is 0 Å². The van der Waals surface area contributed by atoms with E-state index in [1.807, 2.05) is 25.1 Å². The molecule has 0 aliphatic rings. The molecule has 132 valence electrons. The number of rotatable bonds is 6. The van der Waals surface area contributed by atoms with E-state index in [1.165, 1.54) is 0 Å². The third-order valence-electron chi connectivity index (χ3n) is 3.93. The molecule has 0 fully saturated rings. The molecule has 0 radical (unpaired) electrons. The molecule has 6 nitrogen and oxygen atoms in total. The predicted octanol–water partition coefficient (Wildman–Crippen LogP) is 3.61. The fraction of sp³-hybridized carbons (Fsp3) is 0.150. The Morgan fingerprint density at radius 3 is 2.58 bits per heavy atom. The Labute approximate surface area is 151 Å². The number of hydrogen-bond acceptors (Lipinski definition) is 5. The van der Waals surface area contributed by atoms with Crippen molar-refractivity contribution in [2.45, 2.75) is 13.3 Å². The molecule has 1 amide bonds. The lowest BCUT2D eigenvalue weighted by molar-refractivity contribution is 0.0999. The Bertz CT molecular complexity index is 924. The van der Waals surface area contributed by atoms with Gasteiger partial charge < -0.3 is 15.2 Å². The van der Waals surface area contributed by atoms with Gasteiger partial charge in [0.05, 0.1) is 19.0 Å². The summed E-state index contributed by atoms with van der Waals surface area (Å²) in [6.07, 6.45) is 3.98. The molecule has 6 heteroatoms. The van der Waals surface area contributed by atoms with Crippen LogP contribution in [0.25, 0.3) is 11.3 Å². The molecule has 0 atom stereocenters. The van der Waals surface area contributed by atoms with Crippen LogP contribution >= 0.6 is 0 Å². The van der Waals surface area contributed by atoms with Crippen LogP contribution in [-0.4, -0.2) is 23.0 Å². The minimum absolute atomic E-state index is 0.426. The van der Waals surface area contributed by atoms with Gasteiger partial charge in [0.25, 0.3) is 0 Å². The second-order valence-electron chi connectivity index (χ2n) is 5.60. The summed E-state index contributed by atoms with van der Waals surface area (Å²) in [5, 5.41) is 0. The van der Waals surface area contributed by atoms with E-state index in [0.29, 0.717) is 29.4 Å². The highest BCUT2D eigenvalue weighted by Crippen LogP contribution is 2.27. The van der Waals surface area contributed by atoms with Crippen LogP contribution in [0, 0.1) is 0 Å².